The zero-order valence-corrected chi connectivity index (χ0v) is 13.2. The number of aliphatic hydroxyl groups excluding tert-OH is 1. The van der Waals surface area contributed by atoms with E-state index in [1.54, 1.807) is 0 Å². The second kappa shape index (κ2) is 9.19. The van der Waals surface area contributed by atoms with Crippen molar-refractivity contribution in [2.75, 3.05) is 39.3 Å². The van der Waals surface area contributed by atoms with Gasteiger partial charge in [-0.1, -0.05) is 20.8 Å². The van der Waals surface area contributed by atoms with Gasteiger partial charge >= 0.3 is 6.03 Å². The Labute approximate surface area is 123 Å². The number of likely N-dealkylation sites (tertiary alicyclic amines) is 1. The SMILES string of the molecule is CC(C)CN1CCC(CNC(=O)NCC(C)CCO)C1. The first-order chi connectivity index (χ1) is 9.51. The van der Waals surface area contributed by atoms with Crippen LogP contribution < -0.4 is 10.6 Å². The number of nitrogens with zero attached hydrogens (tertiary/aromatic N) is 1. The lowest BCUT2D eigenvalue weighted by atomic mass is 10.1. The van der Waals surface area contributed by atoms with Crippen molar-refractivity contribution in [2.24, 2.45) is 17.8 Å². The van der Waals surface area contributed by atoms with E-state index in [1.807, 2.05) is 6.92 Å². The standard InChI is InChI=1S/C15H31N3O2/c1-12(2)10-18-6-4-14(11-18)9-17-15(20)16-8-13(3)5-7-19/h12-14,19H,4-11H2,1-3H3,(H2,16,17,20). The van der Waals surface area contributed by atoms with Crippen LogP contribution in [0.25, 0.3) is 0 Å². The van der Waals surface area contributed by atoms with Crippen molar-refractivity contribution in [3.8, 4) is 0 Å². The Kier molecular flexibility index (Phi) is 7.92. The monoisotopic (exact) mass is 285 g/mol. The highest BCUT2D eigenvalue weighted by Crippen LogP contribution is 2.16. The average Bonchev–Trinajstić information content (AvgIpc) is 2.81. The number of nitrogens with one attached hydrogen (secondary N) is 2. The van der Waals surface area contributed by atoms with Gasteiger partial charge in [-0.05, 0) is 37.1 Å². The summed E-state index contributed by atoms with van der Waals surface area (Å²) in [5.41, 5.74) is 0. The number of carbonyl (C=O) groups excluding carboxylic acids is 1. The lowest BCUT2D eigenvalue weighted by Crippen LogP contribution is -2.40. The molecule has 1 rings (SSSR count). The summed E-state index contributed by atoms with van der Waals surface area (Å²) in [6, 6.07) is -0.0860. The summed E-state index contributed by atoms with van der Waals surface area (Å²) < 4.78 is 0. The van der Waals surface area contributed by atoms with Crippen LogP contribution in [0.1, 0.15) is 33.6 Å². The smallest absolute Gasteiger partial charge is 0.314 e. The van der Waals surface area contributed by atoms with Crippen molar-refractivity contribution in [2.45, 2.75) is 33.6 Å². The molecule has 3 N–H and O–H groups in total. The Morgan fingerprint density at radius 1 is 1.35 bits per heavy atom. The third kappa shape index (κ3) is 7.10. The number of urea groups is 1. The molecule has 0 spiro atoms. The summed E-state index contributed by atoms with van der Waals surface area (Å²) in [5, 5.41) is 14.6. The summed E-state index contributed by atoms with van der Waals surface area (Å²) in [4.78, 5) is 14.2. The van der Waals surface area contributed by atoms with Crippen LogP contribution in [0.5, 0.6) is 0 Å². The van der Waals surface area contributed by atoms with E-state index in [9.17, 15) is 4.79 Å². The fourth-order valence-electron chi connectivity index (χ4n) is 2.65. The van der Waals surface area contributed by atoms with Gasteiger partial charge in [-0.15, -0.1) is 0 Å². The maximum absolute atomic E-state index is 11.7. The molecule has 0 bridgehead atoms. The van der Waals surface area contributed by atoms with Crippen LogP contribution in [0.3, 0.4) is 0 Å². The van der Waals surface area contributed by atoms with Crippen molar-refractivity contribution in [1.29, 1.82) is 0 Å². The molecule has 1 aliphatic rings. The molecule has 2 unspecified atom stereocenters. The van der Waals surface area contributed by atoms with E-state index in [0.717, 1.165) is 32.6 Å². The predicted octanol–water partition coefficient (Wildman–Crippen LogP) is 1.28. The second-order valence-electron chi connectivity index (χ2n) is 6.52. The first-order valence-electron chi connectivity index (χ1n) is 7.86. The van der Waals surface area contributed by atoms with Gasteiger partial charge in [0.15, 0.2) is 0 Å². The van der Waals surface area contributed by atoms with Gasteiger partial charge in [0, 0.05) is 32.8 Å². The average molecular weight is 285 g/mol. The van der Waals surface area contributed by atoms with Crippen molar-refractivity contribution < 1.29 is 9.90 Å². The van der Waals surface area contributed by atoms with Gasteiger partial charge in [-0.2, -0.15) is 0 Å². The molecule has 2 amide bonds. The maximum Gasteiger partial charge on any atom is 0.314 e. The summed E-state index contributed by atoms with van der Waals surface area (Å²) >= 11 is 0. The van der Waals surface area contributed by atoms with Gasteiger partial charge in [0.2, 0.25) is 0 Å². The van der Waals surface area contributed by atoms with Crippen molar-refractivity contribution in [3.63, 3.8) is 0 Å². The van der Waals surface area contributed by atoms with Crippen molar-refractivity contribution in [3.05, 3.63) is 0 Å². The Bertz CT molecular complexity index is 284. The quantitative estimate of drug-likeness (QED) is 0.629. The minimum absolute atomic E-state index is 0.0860. The van der Waals surface area contributed by atoms with Gasteiger partial charge in [0.05, 0.1) is 0 Å². The number of rotatable bonds is 8. The molecule has 0 aliphatic carbocycles. The molecule has 0 radical (unpaired) electrons. The van der Waals surface area contributed by atoms with Crippen molar-refractivity contribution >= 4 is 6.03 Å². The van der Waals surface area contributed by atoms with E-state index in [4.69, 9.17) is 5.11 Å². The lowest BCUT2D eigenvalue weighted by Gasteiger charge is -2.18. The summed E-state index contributed by atoms with van der Waals surface area (Å²) in [6.45, 7) is 11.5. The largest absolute Gasteiger partial charge is 0.396 e. The molecular formula is C15H31N3O2. The van der Waals surface area contributed by atoms with Gasteiger partial charge in [-0.25, -0.2) is 4.79 Å². The number of aliphatic hydroxyl groups is 1. The van der Waals surface area contributed by atoms with E-state index in [-0.39, 0.29) is 12.6 Å². The predicted molar refractivity (Wildman–Crippen MR) is 81.7 cm³/mol. The molecule has 0 aromatic heterocycles. The summed E-state index contributed by atoms with van der Waals surface area (Å²) in [5.74, 6) is 1.60. The third-order valence-corrected chi connectivity index (χ3v) is 3.78. The van der Waals surface area contributed by atoms with Crippen LogP contribution in [0.15, 0.2) is 0 Å². The molecule has 2 atom stereocenters. The highest BCUT2D eigenvalue weighted by Gasteiger charge is 2.23. The Hall–Kier alpha value is -0.810. The van der Waals surface area contributed by atoms with Gasteiger partial charge in [0.1, 0.15) is 0 Å². The zero-order valence-electron chi connectivity index (χ0n) is 13.2. The highest BCUT2D eigenvalue weighted by molar-refractivity contribution is 5.73. The molecule has 20 heavy (non-hydrogen) atoms. The molecule has 1 heterocycles. The summed E-state index contributed by atoms with van der Waals surface area (Å²) in [7, 11) is 0. The van der Waals surface area contributed by atoms with E-state index in [0.29, 0.717) is 24.3 Å². The topological polar surface area (TPSA) is 64.6 Å². The minimum Gasteiger partial charge on any atom is -0.396 e. The van der Waals surface area contributed by atoms with Gasteiger partial charge in [0.25, 0.3) is 0 Å². The van der Waals surface area contributed by atoms with Crippen LogP contribution in [0.4, 0.5) is 4.79 Å². The molecule has 1 fully saturated rings. The number of carbonyl (C=O) groups is 1. The van der Waals surface area contributed by atoms with Gasteiger partial charge in [-0.3, -0.25) is 0 Å². The Balaban J connectivity index is 2.10. The van der Waals surface area contributed by atoms with Crippen molar-refractivity contribution in [1.82, 2.24) is 15.5 Å². The van der Waals surface area contributed by atoms with E-state index in [1.165, 1.54) is 6.42 Å². The first-order valence-corrected chi connectivity index (χ1v) is 7.86. The lowest BCUT2D eigenvalue weighted by molar-refractivity contribution is 0.231. The number of hydrogen-bond acceptors (Lipinski definition) is 3. The van der Waals surface area contributed by atoms with E-state index >= 15 is 0 Å². The van der Waals surface area contributed by atoms with Crippen LogP contribution in [-0.4, -0.2) is 55.4 Å². The maximum atomic E-state index is 11.7. The molecule has 0 aromatic carbocycles. The van der Waals surface area contributed by atoms with Crippen LogP contribution >= 0.6 is 0 Å². The summed E-state index contributed by atoms with van der Waals surface area (Å²) in [6.07, 6.45) is 1.90. The number of amides is 2. The highest BCUT2D eigenvalue weighted by atomic mass is 16.3. The fourth-order valence-corrected chi connectivity index (χ4v) is 2.65. The Morgan fingerprint density at radius 3 is 2.75 bits per heavy atom. The van der Waals surface area contributed by atoms with Crippen LogP contribution in [0, 0.1) is 17.8 Å². The second-order valence-corrected chi connectivity index (χ2v) is 6.52. The number of hydrogen-bond donors (Lipinski definition) is 3. The van der Waals surface area contributed by atoms with Crippen LogP contribution in [0.2, 0.25) is 0 Å². The molecule has 0 aromatic rings. The first kappa shape index (κ1) is 17.2. The molecule has 118 valence electrons. The zero-order chi connectivity index (χ0) is 15.0. The van der Waals surface area contributed by atoms with E-state index < -0.39 is 0 Å². The normalized spacial score (nSPS) is 21.1. The fraction of sp³-hybridized carbons (Fsp3) is 0.933. The Morgan fingerprint density at radius 2 is 2.10 bits per heavy atom. The molecular weight excluding hydrogens is 254 g/mol. The molecule has 1 aliphatic heterocycles. The molecule has 0 saturated carbocycles. The third-order valence-electron chi connectivity index (χ3n) is 3.78. The van der Waals surface area contributed by atoms with Gasteiger partial charge < -0.3 is 20.6 Å². The molecule has 1 saturated heterocycles. The molecule has 5 heteroatoms. The van der Waals surface area contributed by atoms with Crippen LogP contribution in [-0.2, 0) is 0 Å². The minimum atomic E-state index is -0.0860. The molecule has 5 nitrogen and oxygen atoms in total. The van der Waals surface area contributed by atoms with E-state index in [2.05, 4.69) is 29.4 Å².